The minimum Gasteiger partial charge on any atom is -0.463 e. The van der Waals surface area contributed by atoms with Gasteiger partial charge < -0.3 is 4.74 Å². The molecule has 2 nitrogen and oxygen atoms in total. The molecule has 0 aromatic carbocycles. The summed E-state index contributed by atoms with van der Waals surface area (Å²) in [7, 11) is 0. The molecule has 0 spiro atoms. The minimum absolute atomic E-state index is 0.298. The Morgan fingerprint density at radius 1 is 1.23 bits per heavy atom. The van der Waals surface area contributed by atoms with E-state index in [1.807, 2.05) is 25.2 Å². The first-order chi connectivity index (χ1) is 10.4. The summed E-state index contributed by atoms with van der Waals surface area (Å²) in [6.45, 7) is 10.4. The van der Waals surface area contributed by atoms with Crippen LogP contribution >= 0.6 is 11.3 Å². The second kappa shape index (κ2) is 9.21. The SMILES string of the molecule is CCOC(=O)/C=C(C)/C=C/C=C(C)/C=C/c1c(C)csc1C. The zero-order chi connectivity index (χ0) is 16.5. The second-order valence-electron chi connectivity index (χ2n) is 5.13. The Morgan fingerprint density at radius 2 is 1.95 bits per heavy atom. The molecule has 0 saturated heterocycles. The number of rotatable bonds is 6. The van der Waals surface area contributed by atoms with Crippen molar-refractivity contribution in [3.63, 3.8) is 0 Å². The summed E-state index contributed by atoms with van der Waals surface area (Å²) >= 11 is 1.78. The normalized spacial score (nSPS) is 13.3. The predicted molar refractivity (Wildman–Crippen MR) is 96.1 cm³/mol. The van der Waals surface area contributed by atoms with Gasteiger partial charge in [0, 0.05) is 11.0 Å². The molecule has 0 N–H and O–H groups in total. The van der Waals surface area contributed by atoms with Gasteiger partial charge in [-0.15, -0.1) is 11.3 Å². The third kappa shape index (κ3) is 6.27. The van der Waals surface area contributed by atoms with E-state index in [9.17, 15) is 4.79 Å². The fourth-order valence-electron chi connectivity index (χ4n) is 1.87. The maximum Gasteiger partial charge on any atom is 0.330 e. The van der Waals surface area contributed by atoms with Crippen LogP contribution in [0.15, 0.2) is 46.9 Å². The van der Waals surface area contributed by atoms with Crippen LogP contribution in [0.4, 0.5) is 0 Å². The first-order valence-electron chi connectivity index (χ1n) is 7.36. The van der Waals surface area contributed by atoms with Crippen LogP contribution in [0.1, 0.15) is 36.8 Å². The molecule has 0 aliphatic heterocycles. The fraction of sp³-hybridized carbons (Fsp3) is 0.316. The van der Waals surface area contributed by atoms with Gasteiger partial charge in [0.25, 0.3) is 0 Å². The Morgan fingerprint density at radius 3 is 2.55 bits per heavy atom. The number of hydrogen-bond acceptors (Lipinski definition) is 3. The molecule has 0 amide bonds. The van der Waals surface area contributed by atoms with Crippen molar-refractivity contribution in [1.82, 2.24) is 0 Å². The maximum atomic E-state index is 11.3. The minimum atomic E-state index is -0.298. The lowest BCUT2D eigenvalue weighted by molar-refractivity contribution is -0.137. The lowest BCUT2D eigenvalue weighted by Crippen LogP contribution is -1.99. The van der Waals surface area contributed by atoms with E-state index >= 15 is 0 Å². The number of hydrogen-bond donors (Lipinski definition) is 0. The molecule has 0 atom stereocenters. The third-order valence-electron chi connectivity index (χ3n) is 3.08. The van der Waals surface area contributed by atoms with Gasteiger partial charge in [0.1, 0.15) is 0 Å². The molecule has 0 bridgehead atoms. The lowest BCUT2D eigenvalue weighted by atomic mass is 10.1. The topological polar surface area (TPSA) is 26.3 Å². The van der Waals surface area contributed by atoms with Crippen molar-refractivity contribution in [2.75, 3.05) is 6.61 Å². The molecule has 1 aromatic rings. The Kier molecular flexibility index (Phi) is 7.61. The molecule has 1 rings (SSSR count). The number of esters is 1. The molecule has 3 heteroatoms. The molecule has 0 aliphatic rings. The van der Waals surface area contributed by atoms with E-state index in [4.69, 9.17) is 4.74 Å². The molecule has 0 fully saturated rings. The molecule has 1 aromatic heterocycles. The summed E-state index contributed by atoms with van der Waals surface area (Å²) in [6.07, 6.45) is 11.6. The first-order valence-corrected chi connectivity index (χ1v) is 8.24. The zero-order valence-corrected chi connectivity index (χ0v) is 14.8. The molecule has 1 heterocycles. The largest absolute Gasteiger partial charge is 0.463 e. The average Bonchev–Trinajstić information content (AvgIpc) is 2.76. The van der Waals surface area contributed by atoms with Crippen molar-refractivity contribution in [3.8, 4) is 0 Å². The van der Waals surface area contributed by atoms with Crippen molar-refractivity contribution in [3.05, 3.63) is 62.9 Å². The quantitative estimate of drug-likeness (QED) is 0.399. The summed E-state index contributed by atoms with van der Waals surface area (Å²) in [5.74, 6) is -0.298. The Hall–Kier alpha value is -1.87. The van der Waals surface area contributed by atoms with Crippen molar-refractivity contribution in [1.29, 1.82) is 0 Å². The predicted octanol–water partition coefficient (Wildman–Crippen LogP) is 5.39. The monoisotopic (exact) mass is 316 g/mol. The van der Waals surface area contributed by atoms with Crippen molar-refractivity contribution in [2.45, 2.75) is 34.6 Å². The highest BCUT2D eigenvalue weighted by atomic mass is 32.1. The van der Waals surface area contributed by atoms with Crippen LogP contribution in [0, 0.1) is 13.8 Å². The summed E-state index contributed by atoms with van der Waals surface area (Å²) in [4.78, 5) is 12.6. The summed E-state index contributed by atoms with van der Waals surface area (Å²) in [5.41, 5.74) is 4.65. The van der Waals surface area contributed by atoms with E-state index in [2.05, 4.69) is 38.3 Å². The van der Waals surface area contributed by atoms with Gasteiger partial charge >= 0.3 is 5.97 Å². The van der Waals surface area contributed by atoms with Gasteiger partial charge in [-0.3, -0.25) is 0 Å². The fourth-order valence-corrected chi connectivity index (χ4v) is 2.71. The van der Waals surface area contributed by atoms with E-state index in [-0.39, 0.29) is 5.97 Å². The number of carbonyl (C=O) groups is 1. The third-order valence-corrected chi connectivity index (χ3v) is 4.12. The van der Waals surface area contributed by atoms with Crippen molar-refractivity contribution >= 4 is 23.4 Å². The summed E-state index contributed by atoms with van der Waals surface area (Å²) in [6, 6.07) is 0. The van der Waals surface area contributed by atoms with Crippen LogP contribution in [0.25, 0.3) is 6.08 Å². The number of thiophene rings is 1. The highest BCUT2D eigenvalue weighted by Gasteiger charge is 2.00. The molecule has 22 heavy (non-hydrogen) atoms. The van der Waals surface area contributed by atoms with E-state index < -0.39 is 0 Å². The molecular weight excluding hydrogens is 292 g/mol. The van der Waals surface area contributed by atoms with Gasteiger partial charge in [0.05, 0.1) is 6.61 Å². The number of aryl methyl sites for hydroxylation is 2. The van der Waals surface area contributed by atoms with Gasteiger partial charge in [0.2, 0.25) is 0 Å². The van der Waals surface area contributed by atoms with Gasteiger partial charge in [0.15, 0.2) is 0 Å². The van der Waals surface area contributed by atoms with Crippen molar-refractivity contribution < 1.29 is 9.53 Å². The standard InChI is InChI=1S/C19H24O2S/c1-6-21-19(20)12-15(3)9-7-8-14(2)10-11-18-16(4)13-22-17(18)5/h7-13H,6H2,1-5H3/b9-7+,11-10+,14-8+,15-12+. The second-order valence-corrected chi connectivity index (χ2v) is 6.22. The van der Waals surface area contributed by atoms with Crippen molar-refractivity contribution in [2.24, 2.45) is 0 Å². The summed E-state index contributed by atoms with van der Waals surface area (Å²) in [5, 5.41) is 2.18. The zero-order valence-electron chi connectivity index (χ0n) is 14.0. The number of carbonyl (C=O) groups excluding carboxylic acids is 1. The van der Waals surface area contributed by atoms with E-state index in [1.54, 1.807) is 18.3 Å². The van der Waals surface area contributed by atoms with Crippen LogP contribution in [-0.2, 0) is 9.53 Å². The highest BCUT2D eigenvalue weighted by Crippen LogP contribution is 2.22. The Labute approximate surface area is 137 Å². The first kappa shape index (κ1) is 18.2. The number of ether oxygens (including phenoxy) is 1. The molecule has 0 saturated carbocycles. The average molecular weight is 316 g/mol. The number of allylic oxidation sites excluding steroid dienone is 6. The van der Waals surface area contributed by atoms with Crippen LogP contribution < -0.4 is 0 Å². The van der Waals surface area contributed by atoms with E-state index in [0.29, 0.717) is 6.61 Å². The molecular formula is C19H24O2S. The van der Waals surface area contributed by atoms with Gasteiger partial charge in [-0.05, 0) is 56.7 Å². The van der Waals surface area contributed by atoms with Crippen LogP contribution in [0.5, 0.6) is 0 Å². The smallest absolute Gasteiger partial charge is 0.330 e. The van der Waals surface area contributed by atoms with E-state index in [0.717, 1.165) is 11.1 Å². The van der Waals surface area contributed by atoms with Crippen LogP contribution in [0.2, 0.25) is 0 Å². The Bertz CT molecular complexity index is 608. The van der Waals surface area contributed by atoms with Gasteiger partial charge in [-0.1, -0.05) is 36.0 Å². The maximum absolute atomic E-state index is 11.3. The Balaban J connectivity index is 2.66. The lowest BCUT2D eigenvalue weighted by Gasteiger charge is -1.96. The molecule has 0 unspecified atom stereocenters. The van der Waals surface area contributed by atoms with Crippen LogP contribution in [-0.4, -0.2) is 12.6 Å². The molecule has 118 valence electrons. The molecule has 0 radical (unpaired) electrons. The summed E-state index contributed by atoms with van der Waals surface area (Å²) < 4.78 is 4.87. The van der Waals surface area contributed by atoms with Crippen LogP contribution in [0.3, 0.4) is 0 Å². The van der Waals surface area contributed by atoms with Gasteiger partial charge in [-0.25, -0.2) is 4.79 Å². The molecule has 0 aliphatic carbocycles. The highest BCUT2D eigenvalue weighted by molar-refractivity contribution is 7.10. The van der Waals surface area contributed by atoms with E-state index in [1.165, 1.54) is 22.1 Å². The van der Waals surface area contributed by atoms with Gasteiger partial charge in [-0.2, -0.15) is 0 Å².